The summed E-state index contributed by atoms with van der Waals surface area (Å²) in [6, 6.07) is 2.13. The van der Waals surface area contributed by atoms with E-state index in [1.54, 1.807) is 0 Å². The van der Waals surface area contributed by atoms with Crippen LogP contribution < -0.4 is 0 Å². The molecule has 1 aromatic heterocycles. The molecule has 1 rings (SSSR count). The summed E-state index contributed by atoms with van der Waals surface area (Å²) in [6.07, 6.45) is -3.78. The molecule has 0 unspecified atom stereocenters. The molecule has 3 nitrogen and oxygen atoms in total. The molecule has 0 aliphatic rings. The second kappa shape index (κ2) is 2.94. The van der Waals surface area contributed by atoms with Crippen molar-refractivity contribution in [3.05, 3.63) is 23.5 Å². The molecule has 0 atom stereocenters. The highest BCUT2D eigenvalue weighted by atomic mass is 19.4. The molecule has 0 radical (unpaired) electrons. The molecular weight excluding hydrogens is 185 g/mol. The van der Waals surface area contributed by atoms with E-state index in [-0.39, 0.29) is 12.0 Å². The number of alkyl halides is 3. The highest BCUT2D eigenvalue weighted by Gasteiger charge is 2.34. The first-order chi connectivity index (χ1) is 5.99. The molecule has 13 heavy (non-hydrogen) atoms. The van der Waals surface area contributed by atoms with Crippen molar-refractivity contribution in [3.63, 3.8) is 0 Å². The molecule has 0 aromatic carbocycles. The van der Waals surface area contributed by atoms with E-state index in [9.17, 15) is 18.0 Å². The second-order valence-corrected chi connectivity index (χ2v) is 2.24. The molecule has 0 spiro atoms. The molecule has 0 saturated carbocycles. The van der Waals surface area contributed by atoms with E-state index in [2.05, 4.69) is 0 Å². The van der Waals surface area contributed by atoms with Crippen LogP contribution in [0.4, 0.5) is 13.2 Å². The zero-order chi connectivity index (χ0) is 10.1. The van der Waals surface area contributed by atoms with E-state index in [1.165, 1.54) is 6.07 Å². The molecule has 0 saturated heterocycles. The fraction of sp³-hybridized carbons (Fsp3) is 0.143. The Kier molecular flexibility index (Phi) is 2.10. The van der Waals surface area contributed by atoms with Crippen LogP contribution in [0.15, 0.2) is 12.3 Å². The van der Waals surface area contributed by atoms with Gasteiger partial charge in [0.05, 0.1) is 5.56 Å². The Morgan fingerprint density at radius 2 is 2.15 bits per heavy atom. The summed E-state index contributed by atoms with van der Waals surface area (Å²) in [6.45, 7) is 0. The van der Waals surface area contributed by atoms with Crippen molar-refractivity contribution in [2.24, 2.45) is 0 Å². The van der Waals surface area contributed by atoms with Crippen LogP contribution in [0.25, 0.3) is 0 Å². The molecule has 6 heteroatoms. The molecule has 1 heterocycles. The molecule has 1 aromatic rings. The number of halogens is 3. The van der Waals surface area contributed by atoms with Gasteiger partial charge in [-0.25, -0.2) is 0 Å². The lowest BCUT2D eigenvalue weighted by molar-refractivity contribution is -0.142. The van der Waals surface area contributed by atoms with Gasteiger partial charge in [-0.3, -0.25) is 9.36 Å². The van der Waals surface area contributed by atoms with Crippen LogP contribution >= 0.6 is 0 Å². The van der Waals surface area contributed by atoms with Crippen molar-refractivity contribution >= 4 is 6.41 Å². The van der Waals surface area contributed by atoms with Gasteiger partial charge in [-0.2, -0.15) is 18.4 Å². The Labute approximate surface area is 71.0 Å². The van der Waals surface area contributed by atoms with E-state index in [0.29, 0.717) is 10.6 Å². The quantitative estimate of drug-likeness (QED) is 0.625. The van der Waals surface area contributed by atoms with Crippen molar-refractivity contribution in [2.75, 3.05) is 0 Å². The number of aromatic nitrogens is 1. The van der Waals surface area contributed by atoms with E-state index >= 15 is 0 Å². The zero-order valence-corrected chi connectivity index (χ0v) is 6.17. The lowest BCUT2D eigenvalue weighted by atomic mass is 10.3. The predicted molar refractivity (Wildman–Crippen MR) is 36.3 cm³/mol. The van der Waals surface area contributed by atoms with Gasteiger partial charge in [-0.05, 0) is 6.07 Å². The largest absolute Gasteiger partial charge is 0.431 e. The molecule has 0 bridgehead atoms. The number of carbonyl (C=O) groups is 1. The third-order valence-electron chi connectivity index (χ3n) is 1.38. The van der Waals surface area contributed by atoms with Crippen LogP contribution in [0.2, 0.25) is 0 Å². The van der Waals surface area contributed by atoms with Crippen LogP contribution in [0.1, 0.15) is 11.3 Å². The summed E-state index contributed by atoms with van der Waals surface area (Å²) >= 11 is 0. The monoisotopic (exact) mass is 188 g/mol. The molecule has 0 aliphatic carbocycles. The maximum Gasteiger partial charge on any atom is 0.431 e. The van der Waals surface area contributed by atoms with Crippen LogP contribution in [0.5, 0.6) is 0 Å². The van der Waals surface area contributed by atoms with Crippen LogP contribution in [-0.2, 0) is 11.0 Å². The summed E-state index contributed by atoms with van der Waals surface area (Å²) in [5.41, 5.74) is -1.33. The summed E-state index contributed by atoms with van der Waals surface area (Å²) < 4.78 is 36.6. The van der Waals surface area contributed by atoms with Crippen LogP contribution in [0, 0.1) is 11.3 Å². The van der Waals surface area contributed by atoms with E-state index in [4.69, 9.17) is 5.26 Å². The highest BCUT2D eigenvalue weighted by Crippen LogP contribution is 2.29. The zero-order valence-electron chi connectivity index (χ0n) is 6.17. The van der Waals surface area contributed by atoms with Crippen LogP contribution in [-0.4, -0.2) is 11.0 Å². The van der Waals surface area contributed by atoms with E-state index in [1.807, 2.05) is 0 Å². The average molecular weight is 188 g/mol. The normalized spacial score (nSPS) is 10.9. The molecule has 0 aliphatic heterocycles. The Morgan fingerprint density at radius 3 is 2.46 bits per heavy atom. The first kappa shape index (κ1) is 9.32. The van der Waals surface area contributed by atoms with E-state index < -0.39 is 11.9 Å². The third-order valence-corrected chi connectivity index (χ3v) is 1.38. The predicted octanol–water partition coefficient (Wildman–Crippen LogP) is 1.42. The van der Waals surface area contributed by atoms with Gasteiger partial charge < -0.3 is 0 Å². The molecule has 0 N–H and O–H groups in total. The maximum atomic E-state index is 12.1. The fourth-order valence-corrected chi connectivity index (χ4v) is 0.855. The van der Waals surface area contributed by atoms with Gasteiger partial charge in [-0.15, -0.1) is 0 Å². The third kappa shape index (κ3) is 1.69. The SMILES string of the molecule is N#Cc1cc(C(F)(F)F)n(C=O)c1. The highest BCUT2D eigenvalue weighted by molar-refractivity contribution is 5.56. The molecule has 0 amide bonds. The van der Waals surface area contributed by atoms with Gasteiger partial charge in [-0.1, -0.05) is 0 Å². The minimum atomic E-state index is -4.62. The molecular formula is C7H3F3N2O. The number of rotatable bonds is 1. The minimum Gasteiger partial charge on any atom is -0.284 e. The summed E-state index contributed by atoms with van der Waals surface area (Å²) in [5, 5.41) is 8.29. The van der Waals surface area contributed by atoms with E-state index in [0.717, 1.165) is 6.20 Å². The topological polar surface area (TPSA) is 45.8 Å². The van der Waals surface area contributed by atoms with Gasteiger partial charge >= 0.3 is 6.18 Å². The maximum absolute atomic E-state index is 12.1. The summed E-state index contributed by atoms with van der Waals surface area (Å²) in [4.78, 5) is 10.2. The lowest BCUT2D eigenvalue weighted by Gasteiger charge is -2.04. The smallest absolute Gasteiger partial charge is 0.284 e. The van der Waals surface area contributed by atoms with Crippen molar-refractivity contribution in [1.29, 1.82) is 5.26 Å². The average Bonchev–Trinajstić information content (AvgIpc) is 2.46. The van der Waals surface area contributed by atoms with Gasteiger partial charge in [0.2, 0.25) is 6.41 Å². The second-order valence-electron chi connectivity index (χ2n) is 2.24. The first-order valence-corrected chi connectivity index (χ1v) is 3.13. The number of hydrogen-bond donors (Lipinski definition) is 0. The van der Waals surface area contributed by atoms with Gasteiger partial charge in [0.15, 0.2) is 0 Å². The molecule has 68 valence electrons. The van der Waals surface area contributed by atoms with Crippen LogP contribution in [0.3, 0.4) is 0 Å². The van der Waals surface area contributed by atoms with Crippen molar-refractivity contribution < 1.29 is 18.0 Å². The van der Waals surface area contributed by atoms with Crippen molar-refractivity contribution in [1.82, 2.24) is 4.57 Å². The lowest BCUT2D eigenvalue weighted by Crippen LogP contribution is -2.12. The molecule has 0 fully saturated rings. The number of carbonyl (C=O) groups excluding carboxylic acids is 1. The summed E-state index contributed by atoms with van der Waals surface area (Å²) in [7, 11) is 0. The van der Waals surface area contributed by atoms with Crippen molar-refractivity contribution in [3.8, 4) is 6.07 Å². The number of nitriles is 1. The van der Waals surface area contributed by atoms with Gasteiger partial charge in [0, 0.05) is 6.20 Å². The standard InChI is InChI=1S/C7H3F3N2O/c8-7(9,10)6-1-5(2-11)3-12(6)4-13/h1,3-4H. The summed E-state index contributed by atoms with van der Waals surface area (Å²) in [5.74, 6) is 0. The van der Waals surface area contributed by atoms with Crippen molar-refractivity contribution in [2.45, 2.75) is 6.18 Å². The van der Waals surface area contributed by atoms with Gasteiger partial charge in [0.1, 0.15) is 11.8 Å². The van der Waals surface area contributed by atoms with Gasteiger partial charge in [0.25, 0.3) is 0 Å². The minimum absolute atomic E-state index is 0.00363. The number of hydrogen-bond acceptors (Lipinski definition) is 2. The Balaban J connectivity index is 3.29. The first-order valence-electron chi connectivity index (χ1n) is 3.13. The number of nitrogens with zero attached hydrogens (tertiary/aromatic N) is 2. The Hall–Kier alpha value is -1.77. The Bertz CT molecular complexity index is 372. The Morgan fingerprint density at radius 1 is 1.54 bits per heavy atom. The fourth-order valence-electron chi connectivity index (χ4n) is 0.855.